The summed E-state index contributed by atoms with van der Waals surface area (Å²) >= 11 is 0. The minimum Gasteiger partial charge on any atom is -0.504 e. The fourth-order valence-electron chi connectivity index (χ4n) is 5.29. The second-order valence-electron chi connectivity index (χ2n) is 9.22. The Balaban J connectivity index is 1.73. The number of aliphatic hydroxyl groups is 1. The lowest BCUT2D eigenvalue weighted by Crippen LogP contribution is -2.38. The maximum atomic E-state index is 11.4. The molecule has 0 bridgehead atoms. The summed E-state index contributed by atoms with van der Waals surface area (Å²) in [6.07, 6.45) is 6.54. The number of hydrogen-bond donors (Lipinski definition) is 3. The SMILES string of the molecule is CC1CCCC(C)(C)C1CCCC1(O)Oc2c(cc(O)c(O)c2C=O)C1C. The van der Waals surface area contributed by atoms with E-state index >= 15 is 0 Å². The Morgan fingerprint density at radius 3 is 2.63 bits per heavy atom. The maximum Gasteiger partial charge on any atom is 0.214 e. The molecule has 0 radical (unpaired) electrons. The molecule has 2 aliphatic rings. The third-order valence-electron chi connectivity index (χ3n) is 7.06. The summed E-state index contributed by atoms with van der Waals surface area (Å²) in [6, 6.07) is 1.38. The van der Waals surface area contributed by atoms with Gasteiger partial charge in [0.1, 0.15) is 11.3 Å². The third-order valence-corrected chi connectivity index (χ3v) is 7.06. The molecule has 1 aliphatic heterocycles. The van der Waals surface area contributed by atoms with Gasteiger partial charge in [-0.1, -0.05) is 40.5 Å². The maximum absolute atomic E-state index is 11.4. The minimum absolute atomic E-state index is 0.102. The molecule has 1 aliphatic carbocycles. The number of hydrogen-bond acceptors (Lipinski definition) is 5. The van der Waals surface area contributed by atoms with Gasteiger partial charge in [0.05, 0.1) is 5.92 Å². The number of rotatable bonds is 5. The van der Waals surface area contributed by atoms with Crippen LogP contribution in [0.3, 0.4) is 0 Å². The van der Waals surface area contributed by atoms with Crippen molar-refractivity contribution in [2.24, 2.45) is 17.3 Å². The van der Waals surface area contributed by atoms with Crippen molar-refractivity contribution in [1.29, 1.82) is 0 Å². The smallest absolute Gasteiger partial charge is 0.214 e. The van der Waals surface area contributed by atoms with Crippen LogP contribution in [0.1, 0.15) is 88.1 Å². The zero-order valence-electron chi connectivity index (χ0n) is 16.8. The van der Waals surface area contributed by atoms with Gasteiger partial charge in [-0.15, -0.1) is 0 Å². The molecule has 150 valence electrons. The lowest BCUT2D eigenvalue weighted by atomic mass is 9.62. The first-order valence-electron chi connectivity index (χ1n) is 10.1. The first-order chi connectivity index (χ1) is 12.6. The summed E-state index contributed by atoms with van der Waals surface area (Å²) in [7, 11) is 0. The molecule has 4 atom stereocenters. The molecular formula is C22H32O5. The number of fused-ring (bicyclic) bond motifs is 1. The number of ether oxygens (including phenoxy) is 1. The number of phenolic OH excluding ortho intramolecular Hbond substituents is 2. The summed E-state index contributed by atoms with van der Waals surface area (Å²) in [6.45, 7) is 8.83. The third kappa shape index (κ3) is 3.42. The number of carbonyl (C=O) groups is 1. The van der Waals surface area contributed by atoms with E-state index in [0.29, 0.717) is 35.5 Å². The van der Waals surface area contributed by atoms with E-state index in [1.54, 1.807) is 0 Å². The summed E-state index contributed by atoms with van der Waals surface area (Å²) in [5.41, 5.74) is 0.768. The van der Waals surface area contributed by atoms with E-state index in [1.165, 1.54) is 25.3 Å². The van der Waals surface area contributed by atoms with E-state index in [0.717, 1.165) is 12.8 Å². The largest absolute Gasteiger partial charge is 0.504 e. The van der Waals surface area contributed by atoms with Gasteiger partial charge in [0.2, 0.25) is 5.79 Å². The molecule has 1 saturated carbocycles. The van der Waals surface area contributed by atoms with Crippen LogP contribution in [0.4, 0.5) is 0 Å². The van der Waals surface area contributed by atoms with Crippen molar-refractivity contribution < 1.29 is 24.9 Å². The molecule has 27 heavy (non-hydrogen) atoms. The fraction of sp³-hybridized carbons (Fsp3) is 0.682. The van der Waals surface area contributed by atoms with Gasteiger partial charge in [-0.2, -0.15) is 0 Å². The summed E-state index contributed by atoms with van der Waals surface area (Å²) in [4.78, 5) is 11.4. The summed E-state index contributed by atoms with van der Waals surface area (Å²) < 4.78 is 5.79. The molecular weight excluding hydrogens is 344 g/mol. The van der Waals surface area contributed by atoms with Crippen molar-refractivity contribution >= 4 is 6.29 Å². The number of aldehydes is 1. The second kappa shape index (κ2) is 7.01. The normalized spacial score (nSPS) is 32.0. The second-order valence-corrected chi connectivity index (χ2v) is 9.22. The quantitative estimate of drug-likeness (QED) is 0.511. The Hall–Kier alpha value is -1.75. The Labute approximate surface area is 161 Å². The van der Waals surface area contributed by atoms with E-state index in [-0.39, 0.29) is 17.1 Å². The van der Waals surface area contributed by atoms with Crippen molar-refractivity contribution in [3.05, 3.63) is 17.2 Å². The van der Waals surface area contributed by atoms with Crippen LogP contribution >= 0.6 is 0 Å². The van der Waals surface area contributed by atoms with Crippen molar-refractivity contribution in [2.45, 2.75) is 77.9 Å². The fourth-order valence-corrected chi connectivity index (χ4v) is 5.29. The highest BCUT2D eigenvalue weighted by Gasteiger charge is 2.46. The van der Waals surface area contributed by atoms with Gasteiger partial charge in [-0.3, -0.25) is 4.79 Å². The zero-order chi connectivity index (χ0) is 20.0. The highest BCUT2D eigenvalue weighted by Crippen LogP contribution is 2.52. The van der Waals surface area contributed by atoms with Crippen LogP contribution in [0.15, 0.2) is 6.07 Å². The predicted octanol–water partition coefficient (Wildman–Crippen LogP) is 4.73. The number of benzene rings is 1. The first kappa shape index (κ1) is 20.0. The Kier molecular flexibility index (Phi) is 5.19. The van der Waals surface area contributed by atoms with Gasteiger partial charge < -0.3 is 20.1 Å². The van der Waals surface area contributed by atoms with Crippen molar-refractivity contribution in [2.75, 3.05) is 0 Å². The highest BCUT2D eigenvalue weighted by molar-refractivity contribution is 5.87. The van der Waals surface area contributed by atoms with Gasteiger partial charge in [0, 0.05) is 12.0 Å². The first-order valence-corrected chi connectivity index (χ1v) is 10.1. The van der Waals surface area contributed by atoms with Crippen LogP contribution in [0.2, 0.25) is 0 Å². The zero-order valence-corrected chi connectivity index (χ0v) is 16.8. The standard InChI is InChI=1S/C22H32O5/c1-13-7-5-9-21(3,4)17(13)8-6-10-22(26)14(2)15-11-18(24)19(25)16(12-23)20(15)27-22/h11-14,17,24-26H,5-10H2,1-4H3. The Morgan fingerprint density at radius 1 is 1.30 bits per heavy atom. The number of carbonyl (C=O) groups excluding carboxylic acids is 1. The van der Waals surface area contributed by atoms with Crippen LogP contribution in [0, 0.1) is 17.3 Å². The van der Waals surface area contributed by atoms with Crippen molar-refractivity contribution in [3.8, 4) is 17.2 Å². The molecule has 5 nitrogen and oxygen atoms in total. The van der Waals surface area contributed by atoms with E-state index in [9.17, 15) is 20.1 Å². The number of aromatic hydroxyl groups is 2. The molecule has 1 aromatic rings. The van der Waals surface area contributed by atoms with Gasteiger partial charge in [-0.25, -0.2) is 0 Å². The average molecular weight is 376 g/mol. The predicted molar refractivity (Wildman–Crippen MR) is 103 cm³/mol. The Bertz CT molecular complexity index is 726. The molecule has 3 rings (SSSR count). The summed E-state index contributed by atoms with van der Waals surface area (Å²) in [5.74, 6) is -1.21. The monoisotopic (exact) mass is 376 g/mol. The topological polar surface area (TPSA) is 87.0 Å². The molecule has 3 N–H and O–H groups in total. The van der Waals surface area contributed by atoms with Gasteiger partial charge in [0.25, 0.3) is 0 Å². The van der Waals surface area contributed by atoms with Gasteiger partial charge >= 0.3 is 0 Å². The Morgan fingerprint density at radius 2 is 2.00 bits per heavy atom. The molecule has 1 aromatic carbocycles. The van der Waals surface area contributed by atoms with E-state index in [2.05, 4.69) is 20.8 Å². The molecule has 1 heterocycles. The van der Waals surface area contributed by atoms with Crippen LogP contribution in [0.25, 0.3) is 0 Å². The average Bonchev–Trinajstić information content (AvgIpc) is 2.83. The van der Waals surface area contributed by atoms with Crippen LogP contribution in [-0.4, -0.2) is 27.4 Å². The molecule has 4 unspecified atom stereocenters. The van der Waals surface area contributed by atoms with Crippen LogP contribution < -0.4 is 4.74 Å². The number of phenols is 2. The molecule has 0 saturated heterocycles. The van der Waals surface area contributed by atoms with E-state index in [1.807, 2.05) is 6.92 Å². The van der Waals surface area contributed by atoms with Crippen LogP contribution in [-0.2, 0) is 0 Å². The molecule has 0 aromatic heterocycles. The van der Waals surface area contributed by atoms with Crippen LogP contribution in [0.5, 0.6) is 17.2 Å². The molecule has 1 fully saturated rings. The van der Waals surface area contributed by atoms with Crippen molar-refractivity contribution in [3.63, 3.8) is 0 Å². The van der Waals surface area contributed by atoms with Gasteiger partial charge in [-0.05, 0) is 42.6 Å². The minimum atomic E-state index is -1.43. The van der Waals surface area contributed by atoms with Gasteiger partial charge in [0.15, 0.2) is 17.8 Å². The van der Waals surface area contributed by atoms with Crippen molar-refractivity contribution in [1.82, 2.24) is 0 Å². The molecule has 5 heteroatoms. The van der Waals surface area contributed by atoms with E-state index in [4.69, 9.17) is 4.74 Å². The lowest BCUT2D eigenvalue weighted by molar-refractivity contribution is -0.144. The lowest BCUT2D eigenvalue weighted by Gasteiger charge is -2.43. The molecule has 0 spiro atoms. The summed E-state index contributed by atoms with van der Waals surface area (Å²) in [5, 5.41) is 30.9. The van der Waals surface area contributed by atoms with E-state index < -0.39 is 17.5 Å². The highest BCUT2D eigenvalue weighted by atomic mass is 16.6. The molecule has 0 amide bonds.